The number of pyridine rings is 1. The van der Waals surface area contributed by atoms with Crippen molar-refractivity contribution in [1.29, 1.82) is 0 Å². The van der Waals surface area contributed by atoms with Crippen LogP contribution in [0.4, 0.5) is 4.79 Å². The summed E-state index contributed by atoms with van der Waals surface area (Å²) in [5, 5.41) is 2.73. The minimum Gasteiger partial charge on any atom is -0.441 e. The fraction of sp³-hybridized carbons (Fsp3) is 0.435. The summed E-state index contributed by atoms with van der Waals surface area (Å²) in [6.07, 6.45) is 1.77. The van der Waals surface area contributed by atoms with Gasteiger partial charge in [-0.15, -0.1) is 0 Å². The van der Waals surface area contributed by atoms with Gasteiger partial charge >= 0.3 is 6.09 Å². The number of nitrogens with zero attached hydrogens (tertiary/aromatic N) is 2. The van der Waals surface area contributed by atoms with Crippen LogP contribution < -0.4 is 10.9 Å². The summed E-state index contributed by atoms with van der Waals surface area (Å²) in [6, 6.07) is 11.1. The number of amides is 2. The van der Waals surface area contributed by atoms with Crippen molar-refractivity contribution in [1.82, 2.24) is 14.8 Å². The lowest BCUT2D eigenvalue weighted by Crippen LogP contribution is -2.51. The Morgan fingerprint density at radius 2 is 1.90 bits per heavy atom. The fourth-order valence-electron chi connectivity index (χ4n) is 5.29. The Morgan fingerprint density at radius 1 is 1.13 bits per heavy atom. The van der Waals surface area contributed by atoms with Gasteiger partial charge in [0.15, 0.2) is 0 Å². The van der Waals surface area contributed by atoms with Crippen molar-refractivity contribution in [3.63, 3.8) is 0 Å². The van der Waals surface area contributed by atoms with Crippen molar-refractivity contribution in [3.8, 4) is 0 Å². The fourth-order valence-corrected chi connectivity index (χ4v) is 5.29. The lowest BCUT2D eigenvalue weighted by Gasteiger charge is -2.44. The van der Waals surface area contributed by atoms with Crippen LogP contribution in [0.1, 0.15) is 46.1 Å². The van der Waals surface area contributed by atoms with Crippen LogP contribution in [0.5, 0.6) is 0 Å². The Balaban J connectivity index is 1.42. The van der Waals surface area contributed by atoms with Gasteiger partial charge in [0.05, 0.1) is 12.6 Å². The zero-order valence-corrected chi connectivity index (χ0v) is 17.2. The van der Waals surface area contributed by atoms with E-state index in [9.17, 15) is 14.4 Å². The first-order chi connectivity index (χ1) is 14.4. The van der Waals surface area contributed by atoms with Gasteiger partial charge in [-0.3, -0.25) is 9.59 Å². The maximum atomic E-state index is 13.2. The molecular weight excluding hydrogens is 382 g/mol. The van der Waals surface area contributed by atoms with E-state index in [4.69, 9.17) is 4.74 Å². The molecule has 156 valence electrons. The summed E-state index contributed by atoms with van der Waals surface area (Å²) in [5.74, 6) is 0.329. The Labute approximate surface area is 174 Å². The Hall–Kier alpha value is -3.09. The highest BCUT2D eigenvalue weighted by atomic mass is 16.6. The van der Waals surface area contributed by atoms with Crippen molar-refractivity contribution >= 4 is 12.0 Å². The van der Waals surface area contributed by atoms with Crippen LogP contribution in [-0.4, -0.2) is 40.2 Å². The summed E-state index contributed by atoms with van der Waals surface area (Å²) in [6.45, 7) is 3.17. The highest BCUT2D eigenvalue weighted by Gasteiger charge is 2.52. The Kier molecular flexibility index (Phi) is 4.24. The Bertz CT molecular complexity index is 1100. The molecule has 3 aliphatic rings. The zero-order chi connectivity index (χ0) is 21.0. The van der Waals surface area contributed by atoms with Crippen LogP contribution in [0.3, 0.4) is 0 Å². The average Bonchev–Trinajstić information content (AvgIpc) is 3.21. The normalized spacial score (nSPS) is 27.1. The molecule has 1 aromatic carbocycles. The standard InChI is InChI=1S/C23H25N3O4/c1-14-7-8-20(27)25(2)18(14)9-19-16-5-3-4-6-17(16)21(28)26(19)12-15-10-23(11-15)13-24-22(29)30-23/h3-8,15,19H,9-13H2,1-2H3,(H,24,29). The number of hydrogen-bond donors (Lipinski definition) is 1. The second-order valence-electron chi connectivity index (χ2n) is 8.83. The molecule has 0 radical (unpaired) electrons. The second kappa shape index (κ2) is 6.72. The summed E-state index contributed by atoms with van der Waals surface area (Å²) in [7, 11) is 1.79. The predicted molar refractivity (Wildman–Crippen MR) is 110 cm³/mol. The molecule has 2 aliphatic heterocycles. The van der Waals surface area contributed by atoms with Crippen molar-refractivity contribution < 1.29 is 14.3 Å². The van der Waals surface area contributed by atoms with E-state index in [-0.39, 0.29) is 23.6 Å². The molecule has 0 bridgehead atoms. The second-order valence-corrected chi connectivity index (χ2v) is 8.83. The monoisotopic (exact) mass is 407 g/mol. The molecule has 1 spiro atoms. The van der Waals surface area contributed by atoms with E-state index >= 15 is 0 Å². The molecule has 30 heavy (non-hydrogen) atoms. The van der Waals surface area contributed by atoms with E-state index in [1.54, 1.807) is 17.7 Å². The highest BCUT2D eigenvalue weighted by molar-refractivity contribution is 5.99. The van der Waals surface area contributed by atoms with Crippen LogP contribution in [0.2, 0.25) is 0 Å². The number of ether oxygens (including phenoxy) is 1. The summed E-state index contributed by atoms with van der Waals surface area (Å²) in [4.78, 5) is 38.8. The van der Waals surface area contributed by atoms with Gasteiger partial charge in [-0.2, -0.15) is 0 Å². The smallest absolute Gasteiger partial charge is 0.407 e. The minimum absolute atomic E-state index is 0.0386. The SMILES string of the molecule is Cc1ccc(=O)n(C)c1CC1c2ccccc2C(=O)N1CC1CC2(CNC(=O)O2)C1. The van der Waals surface area contributed by atoms with Gasteiger partial charge < -0.3 is 19.5 Å². The lowest BCUT2D eigenvalue weighted by atomic mass is 9.70. The van der Waals surface area contributed by atoms with Gasteiger partial charge in [0.25, 0.3) is 5.91 Å². The number of nitrogens with one attached hydrogen (secondary N) is 1. The number of rotatable bonds is 4. The van der Waals surface area contributed by atoms with E-state index in [0.29, 0.717) is 25.4 Å². The minimum atomic E-state index is -0.396. The lowest BCUT2D eigenvalue weighted by molar-refractivity contribution is -0.0555. The first-order valence-corrected chi connectivity index (χ1v) is 10.4. The number of aryl methyl sites for hydroxylation is 1. The molecule has 1 N–H and O–H groups in total. The van der Waals surface area contributed by atoms with Crippen LogP contribution in [-0.2, 0) is 18.2 Å². The molecule has 1 aromatic heterocycles. The van der Waals surface area contributed by atoms with Gasteiger partial charge in [0.2, 0.25) is 5.56 Å². The number of hydrogen-bond acceptors (Lipinski definition) is 4. The van der Waals surface area contributed by atoms with Crippen molar-refractivity contribution in [2.24, 2.45) is 13.0 Å². The molecule has 7 heteroatoms. The number of alkyl carbamates (subject to hydrolysis) is 1. The first-order valence-electron chi connectivity index (χ1n) is 10.4. The quantitative estimate of drug-likeness (QED) is 0.844. The number of carbonyl (C=O) groups is 2. The zero-order valence-electron chi connectivity index (χ0n) is 17.2. The van der Waals surface area contributed by atoms with Gasteiger partial charge in [-0.1, -0.05) is 24.3 Å². The summed E-state index contributed by atoms with van der Waals surface area (Å²) < 4.78 is 7.13. The van der Waals surface area contributed by atoms with Crippen molar-refractivity contribution in [3.05, 3.63) is 69.1 Å². The highest BCUT2D eigenvalue weighted by Crippen LogP contribution is 2.45. The molecule has 5 rings (SSSR count). The summed E-state index contributed by atoms with van der Waals surface area (Å²) in [5.41, 5.74) is 3.30. The molecular formula is C23H25N3O4. The third-order valence-corrected chi connectivity index (χ3v) is 6.88. The van der Waals surface area contributed by atoms with E-state index in [0.717, 1.165) is 35.2 Å². The van der Waals surface area contributed by atoms with E-state index in [1.807, 2.05) is 42.2 Å². The van der Waals surface area contributed by atoms with Gasteiger partial charge in [-0.25, -0.2) is 4.79 Å². The van der Waals surface area contributed by atoms with Crippen LogP contribution in [0.25, 0.3) is 0 Å². The number of benzene rings is 1. The van der Waals surface area contributed by atoms with Gasteiger partial charge in [0, 0.05) is 37.3 Å². The number of carbonyl (C=O) groups excluding carboxylic acids is 2. The van der Waals surface area contributed by atoms with Crippen LogP contribution in [0.15, 0.2) is 41.2 Å². The third kappa shape index (κ3) is 2.91. The summed E-state index contributed by atoms with van der Waals surface area (Å²) >= 11 is 0. The average molecular weight is 407 g/mol. The van der Waals surface area contributed by atoms with E-state index in [1.165, 1.54) is 0 Å². The maximum absolute atomic E-state index is 13.2. The molecule has 1 aliphatic carbocycles. The Morgan fingerprint density at radius 3 is 2.63 bits per heavy atom. The molecule has 1 unspecified atom stereocenters. The maximum Gasteiger partial charge on any atom is 0.407 e. The van der Waals surface area contributed by atoms with Crippen LogP contribution >= 0.6 is 0 Å². The molecule has 1 saturated heterocycles. The van der Waals surface area contributed by atoms with E-state index in [2.05, 4.69) is 5.32 Å². The number of fused-ring (bicyclic) bond motifs is 1. The van der Waals surface area contributed by atoms with Gasteiger partial charge in [0.1, 0.15) is 5.60 Å². The van der Waals surface area contributed by atoms with Crippen molar-refractivity contribution in [2.75, 3.05) is 13.1 Å². The molecule has 1 saturated carbocycles. The van der Waals surface area contributed by atoms with E-state index < -0.39 is 5.60 Å². The number of aromatic nitrogens is 1. The topological polar surface area (TPSA) is 80.6 Å². The first kappa shape index (κ1) is 18.9. The molecule has 7 nitrogen and oxygen atoms in total. The van der Waals surface area contributed by atoms with Gasteiger partial charge in [-0.05, 0) is 42.9 Å². The van der Waals surface area contributed by atoms with Crippen LogP contribution in [0, 0.1) is 12.8 Å². The molecule has 2 fully saturated rings. The predicted octanol–water partition coefficient (Wildman–Crippen LogP) is 2.32. The largest absolute Gasteiger partial charge is 0.441 e. The molecule has 2 amide bonds. The molecule has 3 heterocycles. The third-order valence-electron chi connectivity index (χ3n) is 6.88. The van der Waals surface area contributed by atoms with Crippen molar-refractivity contribution in [2.45, 2.75) is 37.8 Å². The molecule has 2 aromatic rings. The molecule has 1 atom stereocenters.